The number of methoxy groups -OCH3 is 1. The van der Waals surface area contributed by atoms with E-state index in [1.54, 1.807) is 12.1 Å². The Morgan fingerprint density at radius 1 is 1.44 bits per heavy atom. The maximum atomic E-state index is 11.8. The van der Waals surface area contributed by atoms with Crippen molar-refractivity contribution in [1.29, 1.82) is 0 Å². The number of para-hydroxylation sites is 1. The van der Waals surface area contributed by atoms with Gasteiger partial charge in [0.1, 0.15) is 0 Å². The van der Waals surface area contributed by atoms with Gasteiger partial charge in [-0.2, -0.15) is 0 Å². The fourth-order valence-corrected chi connectivity index (χ4v) is 1.40. The van der Waals surface area contributed by atoms with E-state index in [2.05, 4.69) is 5.32 Å². The van der Waals surface area contributed by atoms with Crippen molar-refractivity contribution in [3.8, 4) is 11.5 Å². The zero-order valence-corrected chi connectivity index (χ0v) is 10.8. The van der Waals surface area contributed by atoms with Gasteiger partial charge in [-0.1, -0.05) is 19.9 Å². The molecule has 0 aromatic heterocycles. The SMILES string of the molecule is COc1cccc(C(=O)NCC(O)C(C)C)c1O. The molecule has 0 saturated heterocycles. The van der Waals surface area contributed by atoms with Gasteiger partial charge >= 0.3 is 0 Å². The van der Waals surface area contributed by atoms with Crippen molar-refractivity contribution in [3.05, 3.63) is 23.8 Å². The molecule has 100 valence electrons. The Balaban J connectivity index is 2.73. The molecule has 0 saturated carbocycles. The molecule has 0 aliphatic heterocycles. The number of carbonyl (C=O) groups excluding carboxylic acids is 1. The number of aliphatic hydroxyl groups excluding tert-OH is 1. The topological polar surface area (TPSA) is 78.8 Å². The number of phenols is 1. The second-order valence-corrected chi connectivity index (χ2v) is 4.38. The number of ether oxygens (including phenoxy) is 1. The molecule has 1 aromatic rings. The van der Waals surface area contributed by atoms with Gasteiger partial charge in [0.2, 0.25) is 0 Å². The summed E-state index contributed by atoms with van der Waals surface area (Å²) in [6.45, 7) is 3.87. The number of hydrogen-bond donors (Lipinski definition) is 3. The quantitative estimate of drug-likeness (QED) is 0.735. The number of nitrogens with one attached hydrogen (secondary N) is 1. The van der Waals surface area contributed by atoms with E-state index in [1.165, 1.54) is 13.2 Å². The largest absolute Gasteiger partial charge is 0.504 e. The first-order valence-electron chi connectivity index (χ1n) is 5.79. The van der Waals surface area contributed by atoms with Gasteiger partial charge < -0.3 is 20.3 Å². The van der Waals surface area contributed by atoms with Crippen molar-refractivity contribution in [3.63, 3.8) is 0 Å². The third-order valence-corrected chi connectivity index (χ3v) is 2.70. The van der Waals surface area contributed by atoms with E-state index in [4.69, 9.17) is 4.74 Å². The highest BCUT2D eigenvalue weighted by atomic mass is 16.5. The highest BCUT2D eigenvalue weighted by Crippen LogP contribution is 2.29. The smallest absolute Gasteiger partial charge is 0.255 e. The van der Waals surface area contributed by atoms with E-state index in [-0.39, 0.29) is 29.5 Å². The van der Waals surface area contributed by atoms with Gasteiger partial charge in [-0.25, -0.2) is 0 Å². The molecule has 1 unspecified atom stereocenters. The lowest BCUT2D eigenvalue weighted by atomic mass is 10.1. The maximum Gasteiger partial charge on any atom is 0.255 e. The minimum Gasteiger partial charge on any atom is -0.504 e. The number of benzene rings is 1. The Morgan fingerprint density at radius 2 is 2.11 bits per heavy atom. The van der Waals surface area contributed by atoms with Crippen LogP contribution in [0.1, 0.15) is 24.2 Å². The fraction of sp³-hybridized carbons (Fsp3) is 0.462. The summed E-state index contributed by atoms with van der Waals surface area (Å²) in [6, 6.07) is 4.68. The first-order valence-corrected chi connectivity index (χ1v) is 5.79. The van der Waals surface area contributed by atoms with Crippen molar-refractivity contribution in [2.24, 2.45) is 5.92 Å². The predicted molar refractivity (Wildman–Crippen MR) is 67.8 cm³/mol. The third-order valence-electron chi connectivity index (χ3n) is 2.70. The van der Waals surface area contributed by atoms with Crippen LogP contribution in [0.5, 0.6) is 11.5 Å². The molecule has 0 heterocycles. The van der Waals surface area contributed by atoms with Gasteiger partial charge in [0.25, 0.3) is 5.91 Å². The Kier molecular flexibility index (Phi) is 4.97. The average molecular weight is 253 g/mol. The van der Waals surface area contributed by atoms with Crippen LogP contribution in [0.3, 0.4) is 0 Å². The molecule has 5 heteroatoms. The molecule has 18 heavy (non-hydrogen) atoms. The molecule has 5 nitrogen and oxygen atoms in total. The van der Waals surface area contributed by atoms with Crippen LogP contribution < -0.4 is 10.1 Å². The van der Waals surface area contributed by atoms with Crippen LogP contribution in [0, 0.1) is 5.92 Å². The molecule has 0 fully saturated rings. The zero-order chi connectivity index (χ0) is 13.7. The van der Waals surface area contributed by atoms with E-state index in [0.29, 0.717) is 0 Å². The molecule has 0 spiro atoms. The lowest BCUT2D eigenvalue weighted by molar-refractivity contribution is 0.0868. The van der Waals surface area contributed by atoms with E-state index >= 15 is 0 Å². The van der Waals surface area contributed by atoms with Crippen LogP contribution >= 0.6 is 0 Å². The molecule has 1 rings (SSSR count). The van der Waals surface area contributed by atoms with E-state index in [0.717, 1.165) is 0 Å². The minimum atomic E-state index is -0.610. The number of phenolic OH excluding ortho intramolecular Hbond substituents is 1. The van der Waals surface area contributed by atoms with Crippen LogP contribution in [-0.4, -0.2) is 35.9 Å². The van der Waals surface area contributed by atoms with Gasteiger partial charge in [0.05, 0.1) is 18.8 Å². The summed E-state index contributed by atoms with van der Waals surface area (Å²) >= 11 is 0. The van der Waals surface area contributed by atoms with Gasteiger partial charge in [-0.15, -0.1) is 0 Å². The normalized spacial score (nSPS) is 12.3. The molecular weight excluding hydrogens is 234 g/mol. The predicted octanol–water partition coefficient (Wildman–Crippen LogP) is 1.15. The second-order valence-electron chi connectivity index (χ2n) is 4.38. The average Bonchev–Trinajstić information content (AvgIpc) is 2.35. The monoisotopic (exact) mass is 253 g/mol. The van der Waals surface area contributed by atoms with Crippen molar-refractivity contribution in [2.45, 2.75) is 20.0 Å². The maximum absolute atomic E-state index is 11.8. The van der Waals surface area contributed by atoms with Gasteiger partial charge in [-0.3, -0.25) is 4.79 Å². The summed E-state index contributed by atoms with van der Waals surface area (Å²) in [7, 11) is 1.42. The Labute approximate surface area is 106 Å². The lowest BCUT2D eigenvalue weighted by Crippen LogP contribution is -2.34. The number of rotatable bonds is 5. The molecule has 1 atom stereocenters. The van der Waals surface area contributed by atoms with Crippen LogP contribution in [0.2, 0.25) is 0 Å². The Bertz CT molecular complexity index is 417. The van der Waals surface area contributed by atoms with Gasteiger partial charge in [-0.05, 0) is 18.1 Å². The van der Waals surface area contributed by atoms with Gasteiger partial charge in [0.15, 0.2) is 11.5 Å². The molecule has 0 bridgehead atoms. The summed E-state index contributed by atoms with van der Waals surface area (Å²) in [5, 5.41) is 21.9. The number of aromatic hydroxyl groups is 1. The zero-order valence-electron chi connectivity index (χ0n) is 10.8. The fourth-order valence-electron chi connectivity index (χ4n) is 1.40. The van der Waals surface area contributed by atoms with Crippen molar-refractivity contribution < 1.29 is 19.7 Å². The van der Waals surface area contributed by atoms with Crippen molar-refractivity contribution in [2.75, 3.05) is 13.7 Å². The van der Waals surface area contributed by atoms with E-state index in [9.17, 15) is 15.0 Å². The molecular formula is C13H19NO4. The number of amides is 1. The van der Waals surface area contributed by atoms with Crippen molar-refractivity contribution in [1.82, 2.24) is 5.32 Å². The first kappa shape index (κ1) is 14.3. The minimum absolute atomic E-state index is 0.0595. The Hall–Kier alpha value is -1.75. The summed E-state index contributed by atoms with van der Waals surface area (Å²) in [4.78, 5) is 11.8. The van der Waals surface area contributed by atoms with Crippen LogP contribution in [-0.2, 0) is 0 Å². The molecule has 0 radical (unpaired) electrons. The molecule has 1 aromatic carbocycles. The van der Waals surface area contributed by atoms with Crippen LogP contribution in [0.15, 0.2) is 18.2 Å². The van der Waals surface area contributed by atoms with Crippen molar-refractivity contribution >= 4 is 5.91 Å². The van der Waals surface area contributed by atoms with Crippen LogP contribution in [0.25, 0.3) is 0 Å². The molecule has 0 aliphatic rings. The van der Waals surface area contributed by atoms with Crippen LogP contribution in [0.4, 0.5) is 0 Å². The summed E-state index contributed by atoms with van der Waals surface area (Å²) in [5.41, 5.74) is 0.130. The number of hydrogen-bond acceptors (Lipinski definition) is 4. The van der Waals surface area contributed by atoms with E-state index < -0.39 is 12.0 Å². The molecule has 3 N–H and O–H groups in total. The lowest BCUT2D eigenvalue weighted by Gasteiger charge is -2.15. The Morgan fingerprint density at radius 3 is 2.67 bits per heavy atom. The highest BCUT2D eigenvalue weighted by Gasteiger charge is 2.16. The number of carbonyl (C=O) groups is 1. The molecule has 0 aliphatic carbocycles. The number of aliphatic hydroxyl groups is 1. The van der Waals surface area contributed by atoms with E-state index in [1.807, 2.05) is 13.8 Å². The van der Waals surface area contributed by atoms with Gasteiger partial charge in [0, 0.05) is 6.54 Å². The summed E-state index contributed by atoms with van der Waals surface area (Å²) in [6.07, 6.45) is -0.610. The second kappa shape index (κ2) is 6.26. The standard InChI is InChI=1S/C13H19NO4/c1-8(2)10(15)7-14-13(17)9-5-4-6-11(18-3)12(9)16/h4-6,8,10,15-16H,7H2,1-3H3,(H,14,17). The highest BCUT2D eigenvalue weighted by molar-refractivity contribution is 5.97. The third kappa shape index (κ3) is 3.37. The molecule has 1 amide bonds. The summed E-state index contributed by atoms with van der Waals surface area (Å²) < 4.78 is 4.92. The summed E-state index contributed by atoms with van der Waals surface area (Å²) in [5.74, 6) is -0.334. The first-order chi connectivity index (χ1) is 8.47.